The number of hydrogen-bond acceptors (Lipinski definition) is 3. The molecular weight excluding hydrogens is 837 g/mol. The van der Waals surface area contributed by atoms with Crippen molar-refractivity contribution in [2.45, 2.75) is 29.6 Å². The molecule has 0 amide bonds. The lowest BCUT2D eigenvalue weighted by atomic mass is 9.94. The summed E-state index contributed by atoms with van der Waals surface area (Å²) in [7, 11) is -4.57. The normalized spacial score (nSPS) is 15.8. The summed E-state index contributed by atoms with van der Waals surface area (Å²) in [5, 5.41) is 1.09. The Labute approximate surface area is 328 Å². The largest absolute Gasteiger partial charge is 0.455 e. The zero-order valence-corrected chi connectivity index (χ0v) is 30.4. The Morgan fingerprint density at radius 3 is 1.47 bits per heavy atom. The van der Waals surface area contributed by atoms with Gasteiger partial charge in [0.25, 0.3) is 0 Å². The number of furan rings is 1. The summed E-state index contributed by atoms with van der Waals surface area (Å²) >= 11 is 0. The quantitative estimate of drug-likeness (QED) is 0.163. The Morgan fingerprint density at radius 2 is 0.917 bits per heavy atom. The molecule has 3 nitrogen and oxygen atoms in total. The molecule has 0 fully saturated rings. The highest BCUT2D eigenvalue weighted by molar-refractivity contribution is 7.96. The molecular formula is C44H18F12O3S. The number of para-hydroxylation sites is 1. The van der Waals surface area contributed by atoms with Crippen LogP contribution in [0, 0.1) is 0 Å². The Kier molecular flexibility index (Phi) is 7.54. The maximum Gasteiger partial charge on any atom is 0.416 e. The molecule has 7 aromatic rings. The smallest absolute Gasteiger partial charge is 0.416 e. The lowest BCUT2D eigenvalue weighted by Crippen LogP contribution is -2.16. The molecule has 0 unspecified atom stereocenters. The SMILES string of the molecule is O=S1(=O)C2=C(c3ccccc31)c1cc3cc4c(cc3cc1=C2c1cc(C(F)(F)F)cc(C(F)(F)F)c1)-c1c(oc2ccccc12)C=4c1cc(C(F)(F)F)cc(C(F)(F)F)c1. The highest BCUT2D eigenvalue weighted by Crippen LogP contribution is 2.52. The average Bonchev–Trinajstić information content (AvgIpc) is 3.86. The average molecular weight is 855 g/mol. The van der Waals surface area contributed by atoms with Crippen LogP contribution in [0.1, 0.15) is 50.3 Å². The van der Waals surface area contributed by atoms with Crippen molar-refractivity contribution in [3.8, 4) is 11.1 Å². The second kappa shape index (κ2) is 11.9. The third-order valence-corrected chi connectivity index (χ3v) is 12.8. The van der Waals surface area contributed by atoms with Crippen molar-refractivity contribution in [2.75, 3.05) is 0 Å². The van der Waals surface area contributed by atoms with E-state index in [0.29, 0.717) is 35.2 Å². The van der Waals surface area contributed by atoms with E-state index in [2.05, 4.69) is 0 Å². The summed E-state index contributed by atoms with van der Waals surface area (Å²) in [6, 6.07) is 19.8. The van der Waals surface area contributed by atoms with Crippen LogP contribution in [-0.2, 0) is 34.5 Å². The molecule has 302 valence electrons. The van der Waals surface area contributed by atoms with Crippen LogP contribution >= 0.6 is 0 Å². The summed E-state index contributed by atoms with van der Waals surface area (Å²) < 4.78 is 205. The zero-order valence-electron chi connectivity index (χ0n) is 29.6. The Balaban J connectivity index is 1.34. The Morgan fingerprint density at radius 1 is 0.450 bits per heavy atom. The molecule has 6 aromatic carbocycles. The molecule has 16 heteroatoms. The molecule has 0 saturated heterocycles. The Bertz CT molecular complexity index is 3320. The van der Waals surface area contributed by atoms with Crippen molar-refractivity contribution >= 4 is 48.3 Å². The number of allylic oxidation sites excluding steroid dienone is 1. The molecule has 1 aliphatic heterocycles. The summed E-state index contributed by atoms with van der Waals surface area (Å²) in [6.45, 7) is 0. The number of fused-ring (bicyclic) bond motifs is 10. The highest BCUT2D eigenvalue weighted by atomic mass is 32.2. The zero-order chi connectivity index (χ0) is 42.6. The van der Waals surface area contributed by atoms with Crippen molar-refractivity contribution < 1.29 is 65.5 Å². The van der Waals surface area contributed by atoms with Crippen LogP contribution in [0.15, 0.2) is 123 Å². The monoisotopic (exact) mass is 854 g/mol. The van der Waals surface area contributed by atoms with Crippen LogP contribution in [0.3, 0.4) is 0 Å². The number of alkyl halides is 12. The van der Waals surface area contributed by atoms with Gasteiger partial charge in [0.05, 0.1) is 32.1 Å². The van der Waals surface area contributed by atoms with Crippen LogP contribution in [0.2, 0.25) is 0 Å². The van der Waals surface area contributed by atoms with Crippen molar-refractivity contribution in [2.24, 2.45) is 0 Å². The van der Waals surface area contributed by atoms with Crippen molar-refractivity contribution in [3.63, 3.8) is 0 Å². The molecule has 60 heavy (non-hydrogen) atoms. The topological polar surface area (TPSA) is 47.3 Å². The molecule has 2 aliphatic carbocycles. The summed E-state index contributed by atoms with van der Waals surface area (Å²) in [4.78, 5) is -0.764. The van der Waals surface area contributed by atoms with Gasteiger partial charge in [-0.1, -0.05) is 36.4 Å². The van der Waals surface area contributed by atoms with Gasteiger partial charge in [-0.05, 0) is 116 Å². The minimum absolute atomic E-state index is 0.00116. The molecule has 0 radical (unpaired) electrons. The van der Waals surface area contributed by atoms with Gasteiger partial charge in [0, 0.05) is 33.2 Å². The third-order valence-electron chi connectivity index (χ3n) is 10.9. The maximum atomic E-state index is 14.3. The minimum Gasteiger partial charge on any atom is -0.455 e. The standard InChI is InChI=1S/C44H18F12O3S/c45-41(46,47)23-9-21(10-24(17-23)42(48,49)50)35-29-13-19-16-32-30(14-20(19)15-31(29)37-27-5-1-3-7-33(27)59-39(35)37)36(40-38(32)28-6-2-4-8-34(28)60(40,57)58)22-11-25(43(51,52)53)18-26(12-22)44(54,55)56/h1-18H. The fourth-order valence-electron chi connectivity index (χ4n) is 8.48. The van der Waals surface area contributed by atoms with Gasteiger partial charge < -0.3 is 4.42 Å². The minimum atomic E-state index is -5.27. The van der Waals surface area contributed by atoms with E-state index in [1.54, 1.807) is 24.3 Å². The number of sulfone groups is 1. The summed E-state index contributed by atoms with van der Waals surface area (Å²) in [5.41, 5.74) is -7.12. The molecule has 2 heterocycles. The van der Waals surface area contributed by atoms with Gasteiger partial charge in [0.15, 0.2) is 0 Å². The number of halogens is 12. The van der Waals surface area contributed by atoms with Crippen LogP contribution in [0.4, 0.5) is 52.7 Å². The highest BCUT2D eigenvalue weighted by Gasteiger charge is 2.45. The van der Waals surface area contributed by atoms with Crippen molar-refractivity contribution in [1.29, 1.82) is 0 Å². The van der Waals surface area contributed by atoms with Crippen LogP contribution in [-0.4, -0.2) is 8.42 Å². The number of benzene rings is 6. The van der Waals surface area contributed by atoms with E-state index in [1.807, 2.05) is 0 Å². The Hall–Kier alpha value is -6.29. The molecule has 3 aliphatic rings. The molecule has 0 N–H and O–H groups in total. The molecule has 1 aromatic heterocycles. The van der Waals surface area contributed by atoms with Gasteiger partial charge in [-0.3, -0.25) is 0 Å². The van der Waals surface area contributed by atoms with Gasteiger partial charge in [0.1, 0.15) is 11.3 Å². The first kappa shape index (κ1) is 37.9. The van der Waals surface area contributed by atoms with E-state index in [1.165, 1.54) is 48.5 Å². The summed E-state index contributed by atoms with van der Waals surface area (Å²) in [6.07, 6.45) is -20.9. The van der Waals surface area contributed by atoms with E-state index in [-0.39, 0.29) is 77.4 Å². The third kappa shape index (κ3) is 5.48. The molecule has 0 atom stereocenters. The van der Waals surface area contributed by atoms with Crippen molar-refractivity contribution in [3.05, 3.63) is 175 Å². The fourth-order valence-corrected chi connectivity index (χ4v) is 10.4. The molecule has 0 spiro atoms. The van der Waals surface area contributed by atoms with Crippen LogP contribution in [0.5, 0.6) is 0 Å². The van der Waals surface area contributed by atoms with Crippen molar-refractivity contribution in [1.82, 2.24) is 0 Å². The second-order valence-electron chi connectivity index (χ2n) is 14.5. The first-order valence-electron chi connectivity index (χ1n) is 17.6. The van der Waals surface area contributed by atoms with Gasteiger partial charge in [-0.2, -0.15) is 52.7 Å². The van der Waals surface area contributed by atoms with Crippen LogP contribution < -0.4 is 10.4 Å². The van der Waals surface area contributed by atoms with E-state index in [4.69, 9.17) is 4.42 Å². The van der Waals surface area contributed by atoms with E-state index in [9.17, 15) is 61.1 Å². The van der Waals surface area contributed by atoms with Gasteiger partial charge in [-0.15, -0.1) is 0 Å². The second-order valence-corrected chi connectivity index (χ2v) is 16.3. The summed E-state index contributed by atoms with van der Waals surface area (Å²) in [5.74, 6) is -0.0433. The molecule has 0 bridgehead atoms. The van der Waals surface area contributed by atoms with Gasteiger partial charge >= 0.3 is 24.7 Å². The van der Waals surface area contributed by atoms with E-state index < -0.39 is 78.4 Å². The molecule has 0 saturated carbocycles. The van der Waals surface area contributed by atoms with Gasteiger partial charge in [0.2, 0.25) is 9.84 Å². The van der Waals surface area contributed by atoms with E-state index >= 15 is 0 Å². The lowest BCUT2D eigenvalue weighted by molar-refractivity contribution is -0.144. The lowest BCUT2D eigenvalue weighted by Gasteiger charge is -2.16. The van der Waals surface area contributed by atoms with Gasteiger partial charge in [-0.25, -0.2) is 8.42 Å². The fraction of sp³-hybridized carbons (Fsp3) is 0.0909. The first-order valence-corrected chi connectivity index (χ1v) is 19.1. The predicted octanol–water partition coefficient (Wildman–Crippen LogP) is 11.6. The number of rotatable bonds is 2. The maximum absolute atomic E-state index is 14.3. The van der Waals surface area contributed by atoms with E-state index in [0.717, 1.165) is 0 Å². The predicted molar refractivity (Wildman–Crippen MR) is 195 cm³/mol. The number of hydrogen-bond donors (Lipinski definition) is 0. The molecule has 10 rings (SSSR count). The van der Waals surface area contributed by atoms with Crippen LogP contribution in [0.25, 0.3) is 49.6 Å². The first-order chi connectivity index (χ1) is 28.0.